The molecular weight excluding hydrogens is 528 g/mol. The van der Waals surface area contributed by atoms with E-state index in [1.54, 1.807) is 0 Å². The number of alkyl halides is 8. The van der Waals surface area contributed by atoms with E-state index in [0.717, 1.165) is 37.5 Å². The topological polar surface area (TPSA) is 94.4 Å². The number of hydrogen-bond donors (Lipinski definition) is 3. The first-order valence-electron chi connectivity index (χ1n) is 10.4. The van der Waals surface area contributed by atoms with Crippen LogP contribution in [-0.4, -0.2) is 54.6 Å². The highest BCUT2D eigenvalue weighted by atomic mass is 35.5. The van der Waals surface area contributed by atoms with E-state index in [4.69, 9.17) is 17.0 Å². The van der Waals surface area contributed by atoms with Crippen LogP contribution in [0.1, 0.15) is 36.5 Å². The zero-order valence-electron chi connectivity index (χ0n) is 18.8. The van der Waals surface area contributed by atoms with E-state index in [-0.39, 0.29) is 28.2 Å². The molecule has 15 heteroatoms. The van der Waals surface area contributed by atoms with Crippen LogP contribution in [-0.2, 0) is 4.79 Å². The SMILES string of the molecule is CCCC1CC1NC(=O)c1cc(NC(=O)C(=NC)C(C(=N)C(F)(F)C(F)(F)F)C(F)(F)F)ccc1Cl. The summed E-state index contributed by atoms with van der Waals surface area (Å²) in [6, 6.07) is 3.10. The molecule has 1 aromatic rings. The monoisotopic (exact) mass is 548 g/mol. The molecule has 6 nitrogen and oxygen atoms in total. The molecule has 200 valence electrons. The molecule has 1 fully saturated rings. The molecule has 3 unspecified atom stereocenters. The first-order valence-corrected chi connectivity index (χ1v) is 10.8. The standard InChI is InChI=1S/C21H21ClF8N4O2/c1-3-4-9-7-13(9)34-17(35)11-8-10(5-6-12(11)22)33-18(36)15(32-2)14(20(25,26)27)16(31)19(23,24)21(28,29)30/h5-6,8-9,13-14,31H,3-4,7H2,1-2H3,(H,33,36)(H,34,35). The van der Waals surface area contributed by atoms with E-state index in [2.05, 4.69) is 10.3 Å². The lowest BCUT2D eigenvalue weighted by Crippen LogP contribution is -2.54. The van der Waals surface area contributed by atoms with Crippen LogP contribution in [0.5, 0.6) is 0 Å². The summed E-state index contributed by atoms with van der Waals surface area (Å²) in [4.78, 5) is 28.0. The summed E-state index contributed by atoms with van der Waals surface area (Å²) in [5, 5.41) is 11.5. The normalized spacial score (nSPS) is 19.5. The van der Waals surface area contributed by atoms with Gasteiger partial charge in [0.05, 0.1) is 10.6 Å². The quantitative estimate of drug-likeness (QED) is 0.274. The summed E-state index contributed by atoms with van der Waals surface area (Å²) in [5.41, 5.74) is -5.39. The third-order valence-corrected chi connectivity index (χ3v) is 5.75. The van der Waals surface area contributed by atoms with Crippen molar-refractivity contribution in [2.75, 3.05) is 12.4 Å². The number of carbonyl (C=O) groups is 2. The largest absolute Gasteiger partial charge is 0.459 e. The molecule has 2 amide bonds. The van der Waals surface area contributed by atoms with E-state index in [9.17, 15) is 44.7 Å². The third-order valence-electron chi connectivity index (χ3n) is 5.42. The number of anilines is 1. The van der Waals surface area contributed by atoms with E-state index in [1.807, 2.05) is 12.2 Å². The lowest BCUT2D eigenvalue weighted by Gasteiger charge is -2.28. The van der Waals surface area contributed by atoms with Crippen molar-refractivity contribution in [3.63, 3.8) is 0 Å². The highest BCUT2D eigenvalue weighted by molar-refractivity contribution is 6.47. The lowest BCUT2D eigenvalue weighted by atomic mass is 9.91. The number of amides is 2. The zero-order chi connectivity index (χ0) is 27.6. The molecule has 1 aliphatic rings. The Hall–Kier alpha value is -2.77. The molecule has 1 aromatic carbocycles. The maximum Gasteiger partial charge on any atom is 0.459 e. The van der Waals surface area contributed by atoms with Crippen molar-refractivity contribution in [1.29, 1.82) is 5.41 Å². The minimum atomic E-state index is -6.51. The average molecular weight is 549 g/mol. The number of rotatable bonds is 9. The molecule has 0 aliphatic heterocycles. The van der Waals surface area contributed by atoms with Crippen molar-refractivity contribution < 1.29 is 44.7 Å². The van der Waals surface area contributed by atoms with Gasteiger partial charge in [0.15, 0.2) is 0 Å². The fraction of sp³-hybridized carbons (Fsp3) is 0.524. The van der Waals surface area contributed by atoms with Gasteiger partial charge in [-0.2, -0.15) is 35.1 Å². The molecule has 3 atom stereocenters. The highest BCUT2D eigenvalue weighted by Crippen LogP contribution is 2.42. The number of hydrogen-bond acceptors (Lipinski definition) is 4. The van der Waals surface area contributed by atoms with Crippen molar-refractivity contribution in [1.82, 2.24) is 5.32 Å². The fourth-order valence-corrected chi connectivity index (χ4v) is 3.69. The Bertz CT molecular complexity index is 1060. The molecule has 0 saturated heterocycles. The van der Waals surface area contributed by atoms with Crippen LogP contribution in [0.3, 0.4) is 0 Å². The number of benzene rings is 1. The summed E-state index contributed by atoms with van der Waals surface area (Å²) in [5.74, 6) is -12.3. The predicted octanol–water partition coefficient (Wildman–Crippen LogP) is 5.66. The van der Waals surface area contributed by atoms with Gasteiger partial charge in [0, 0.05) is 18.8 Å². The Balaban J connectivity index is 2.29. The Morgan fingerprint density at radius 2 is 1.78 bits per heavy atom. The lowest BCUT2D eigenvalue weighted by molar-refractivity contribution is -0.253. The van der Waals surface area contributed by atoms with Crippen LogP contribution in [0.2, 0.25) is 5.02 Å². The van der Waals surface area contributed by atoms with E-state index >= 15 is 0 Å². The number of carbonyl (C=O) groups excluding carboxylic acids is 2. The molecule has 0 radical (unpaired) electrons. The molecule has 0 heterocycles. The van der Waals surface area contributed by atoms with Crippen molar-refractivity contribution in [2.45, 2.75) is 50.5 Å². The van der Waals surface area contributed by atoms with Crippen molar-refractivity contribution in [3.8, 4) is 0 Å². The van der Waals surface area contributed by atoms with Crippen LogP contribution in [0.4, 0.5) is 40.8 Å². The summed E-state index contributed by atoms with van der Waals surface area (Å²) in [6.07, 6.45) is -9.86. The van der Waals surface area contributed by atoms with Gasteiger partial charge < -0.3 is 16.0 Å². The maximum absolute atomic E-state index is 13.6. The average Bonchev–Trinajstić information content (AvgIpc) is 3.48. The van der Waals surface area contributed by atoms with Crippen LogP contribution < -0.4 is 10.6 Å². The summed E-state index contributed by atoms with van der Waals surface area (Å²) in [6.45, 7) is 1.98. The van der Waals surface area contributed by atoms with Crippen molar-refractivity contribution >= 4 is 40.5 Å². The second-order valence-electron chi connectivity index (χ2n) is 8.08. The zero-order valence-corrected chi connectivity index (χ0v) is 19.5. The van der Waals surface area contributed by atoms with Gasteiger partial charge in [-0.05, 0) is 37.0 Å². The Labute approximate surface area is 205 Å². The first kappa shape index (κ1) is 29.5. The van der Waals surface area contributed by atoms with E-state index in [0.29, 0.717) is 7.05 Å². The van der Waals surface area contributed by atoms with Gasteiger partial charge in [0.25, 0.3) is 11.8 Å². The van der Waals surface area contributed by atoms with Gasteiger partial charge in [0.2, 0.25) is 0 Å². The fourth-order valence-electron chi connectivity index (χ4n) is 3.48. The summed E-state index contributed by atoms with van der Waals surface area (Å²) in [7, 11) is 0.565. The third kappa shape index (κ3) is 6.51. The molecule has 2 rings (SSSR count). The van der Waals surface area contributed by atoms with Gasteiger partial charge in [-0.25, -0.2) is 0 Å². The van der Waals surface area contributed by atoms with Gasteiger partial charge in [0.1, 0.15) is 17.3 Å². The molecule has 1 saturated carbocycles. The predicted molar refractivity (Wildman–Crippen MR) is 116 cm³/mol. The van der Waals surface area contributed by atoms with Crippen LogP contribution in [0.15, 0.2) is 23.2 Å². The van der Waals surface area contributed by atoms with Crippen LogP contribution in [0.25, 0.3) is 0 Å². The Morgan fingerprint density at radius 3 is 2.28 bits per heavy atom. The smallest absolute Gasteiger partial charge is 0.349 e. The molecule has 3 N–H and O–H groups in total. The van der Waals surface area contributed by atoms with E-state index < -0.39 is 47.4 Å². The van der Waals surface area contributed by atoms with Crippen molar-refractivity contribution in [3.05, 3.63) is 28.8 Å². The second kappa shape index (κ2) is 10.7. The number of aliphatic imine (C=N–C) groups is 1. The maximum atomic E-state index is 13.6. The molecule has 0 aromatic heterocycles. The van der Waals surface area contributed by atoms with Gasteiger partial charge in [-0.3, -0.25) is 14.6 Å². The highest BCUT2D eigenvalue weighted by Gasteiger charge is 2.66. The summed E-state index contributed by atoms with van der Waals surface area (Å²) >= 11 is 6.00. The van der Waals surface area contributed by atoms with Gasteiger partial charge in [-0.15, -0.1) is 0 Å². The summed E-state index contributed by atoms with van der Waals surface area (Å²) < 4.78 is 105. The van der Waals surface area contributed by atoms with Gasteiger partial charge >= 0.3 is 18.3 Å². The van der Waals surface area contributed by atoms with Crippen molar-refractivity contribution in [2.24, 2.45) is 16.8 Å². The van der Waals surface area contributed by atoms with Crippen LogP contribution in [0, 0.1) is 17.2 Å². The molecule has 0 spiro atoms. The molecular formula is C21H21ClF8N4O2. The number of nitrogens with zero attached hydrogens (tertiary/aromatic N) is 1. The Morgan fingerprint density at radius 1 is 1.17 bits per heavy atom. The number of nitrogens with one attached hydrogen (secondary N) is 3. The van der Waals surface area contributed by atoms with Crippen LogP contribution >= 0.6 is 11.6 Å². The number of halogens is 9. The Kier molecular flexibility index (Phi) is 8.75. The molecule has 1 aliphatic carbocycles. The molecule has 0 bridgehead atoms. The second-order valence-corrected chi connectivity index (χ2v) is 8.49. The van der Waals surface area contributed by atoms with E-state index in [1.165, 1.54) is 0 Å². The molecule has 36 heavy (non-hydrogen) atoms. The van der Waals surface area contributed by atoms with Gasteiger partial charge in [-0.1, -0.05) is 24.9 Å². The minimum Gasteiger partial charge on any atom is -0.349 e. The minimum absolute atomic E-state index is 0.0673. The first-order chi connectivity index (χ1) is 16.4.